The van der Waals surface area contributed by atoms with Crippen LogP contribution in [-0.4, -0.2) is 11.1 Å². The predicted molar refractivity (Wildman–Crippen MR) is 81.1 cm³/mol. The number of rotatable bonds is 2. The molecule has 0 amide bonds. The monoisotopic (exact) mass is 313 g/mol. The summed E-state index contributed by atoms with van der Waals surface area (Å²) in [4.78, 5) is 0. The highest BCUT2D eigenvalue weighted by molar-refractivity contribution is 6.31. The molecule has 3 N–H and O–H groups in total. The lowest BCUT2D eigenvalue weighted by Crippen LogP contribution is -2.00. The molecule has 1 saturated carbocycles. The van der Waals surface area contributed by atoms with Gasteiger partial charge in [0.2, 0.25) is 0 Å². The van der Waals surface area contributed by atoms with Gasteiger partial charge in [0.25, 0.3) is 0 Å². The van der Waals surface area contributed by atoms with E-state index in [1.807, 2.05) is 24.3 Å². The summed E-state index contributed by atoms with van der Waals surface area (Å²) < 4.78 is 13.3. The van der Waals surface area contributed by atoms with Crippen molar-refractivity contribution in [2.75, 3.05) is 0 Å². The molecule has 1 fully saturated rings. The molecule has 0 aromatic heterocycles. The molecule has 1 aliphatic rings. The minimum Gasteiger partial charge on any atom is -0.505 e. The lowest BCUT2D eigenvalue weighted by atomic mass is 10.0. The maximum Gasteiger partial charge on any atom is 0.183 e. The van der Waals surface area contributed by atoms with Gasteiger partial charge in [-0.15, -0.1) is 12.4 Å². The molecule has 3 rings (SSSR count). The van der Waals surface area contributed by atoms with Crippen LogP contribution in [0.25, 0.3) is 11.1 Å². The quantitative estimate of drug-likeness (QED) is 0.877. The van der Waals surface area contributed by atoms with Crippen LogP contribution in [0.15, 0.2) is 36.4 Å². The Kier molecular flexibility index (Phi) is 4.23. The van der Waals surface area contributed by atoms with Gasteiger partial charge >= 0.3 is 0 Å². The molecule has 1 aliphatic carbocycles. The number of nitrogens with two attached hydrogens (primary N) is 1. The highest BCUT2D eigenvalue weighted by atomic mass is 35.5. The van der Waals surface area contributed by atoms with E-state index < -0.39 is 11.6 Å². The van der Waals surface area contributed by atoms with Gasteiger partial charge in [-0.1, -0.05) is 35.9 Å². The van der Waals surface area contributed by atoms with Gasteiger partial charge in [-0.3, -0.25) is 0 Å². The molecule has 0 bridgehead atoms. The zero-order chi connectivity index (χ0) is 13.6. The van der Waals surface area contributed by atoms with Crippen LogP contribution < -0.4 is 5.73 Å². The second kappa shape index (κ2) is 5.60. The first-order valence-electron chi connectivity index (χ1n) is 6.10. The summed E-state index contributed by atoms with van der Waals surface area (Å²) in [5.74, 6) is -0.763. The Morgan fingerprint density at radius 2 is 1.75 bits per heavy atom. The van der Waals surface area contributed by atoms with Gasteiger partial charge in [0.05, 0.1) is 5.02 Å². The minimum absolute atomic E-state index is 0. The molecule has 2 aromatic carbocycles. The van der Waals surface area contributed by atoms with Crippen LogP contribution in [0.5, 0.6) is 5.75 Å². The van der Waals surface area contributed by atoms with Crippen molar-refractivity contribution in [1.29, 1.82) is 0 Å². The van der Waals surface area contributed by atoms with Crippen molar-refractivity contribution in [2.24, 2.45) is 5.73 Å². The van der Waals surface area contributed by atoms with Crippen molar-refractivity contribution < 1.29 is 9.50 Å². The Balaban J connectivity index is 0.00000147. The summed E-state index contributed by atoms with van der Waals surface area (Å²) in [5.41, 5.74) is 8.60. The van der Waals surface area contributed by atoms with Crippen molar-refractivity contribution in [3.05, 3.63) is 52.8 Å². The van der Waals surface area contributed by atoms with Gasteiger partial charge in [-0.2, -0.15) is 0 Å². The van der Waals surface area contributed by atoms with E-state index in [4.69, 9.17) is 17.3 Å². The highest BCUT2D eigenvalue weighted by Crippen LogP contribution is 2.39. The Labute approximate surface area is 127 Å². The number of hydrogen-bond acceptors (Lipinski definition) is 2. The fourth-order valence-electron chi connectivity index (χ4n) is 2.26. The molecule has 106 valence electrons. The second-order valence-corrected chi connectivity index (χ2v) is 5.33. The second-order valence-electron chi connectivity index (χ2n) is 4.92. The Bertz CT molecular complexity index is 607. The summed E-state index contributed by atoms with van der Waals surface area (Å²) in [6.45, 7) is 0. The zero-order valence-electron chi connectivity index (χ0n) is 10.5. The van der Waals surface area contributed by atoms with Gasteiger partial charge in [-0.05, 0) is 35.2 Å². The van der Waals surface area contributed by atoms with Gasteiger partial charge in [0.15, 0.2) is 11.6 Å². The number of benzene rings is 2. The molecule has 0 saturated heterocycles. The van der Waals surface area contributed by atoms with Crippen LogP contribution in [0.4, 0.5) is 4.39 Å². The number of phenols is 1. The molecule has 20 heavy (non-hydrogen) atoms. The number of phenolic OH excluding ortho intramolecular Hbond substituents is 1. The lowest BCUT2D eigenvalue weighted by molar-refractivity contribution is 0.433. The first-order chi connectivity index (χ1) is 9.06. The van der Waals surface area contributed by atoms with E-state index in [-0.39, 0.29) is 23.5 Å². The van der Waals surface area contributed by atoms with Crippen LogP contribution in [0.3, 0.4) is 0 Å². The van der Waals surface area contributed by atoms with Crippen molar-refractivity contribution in [3.8, 4) is 16.9 Å². The lowest BCUT2D eigenvalue weighted by Gasteiger charge is -2.06. The molecule has 2 aromatic rings. The van der Waals surface area contributed by atoms with Crippen LogP contribution in [-0.2, 0) is 0 Å². The summed E-state index contributed by atoms with van der Waals surface area (Å²) in [5, 5.41) is 9.37. The van der Waals surface area contributed by atoms with Gasteiger partial charge < -0.3 is 10.8 Å². The van der Waals surface area contributed by atoms with E-state index in [0.29, 0.717) is 11.5 Å². The maximum atomic E-state index is 13.3. The molecule has 2 nitrogen and oxygen atoms in total. The van der Waals surface area contributed by atoms with Crippen molar-refractivity contribution >= 4 is 24.0 Å². The molecule has 0 radical (unpaired) electrons. The van der Waals surface area contributed by atoms with Crippen molar-refractivity contribution in [2.45, 2.75) is 18.4 Å². The molecule has 5 heteroatoms. The smallest absolute Gasteiger partial charge is 0.183 e. The Morgan fingerprint density at radius 3 is 2.25 bits per heavy atom. The van der Waals surface area contributed by atoms with E-state index in [9.17, 15) is 9.50 Å². The molecular weight excluding hydrogens is 300 g/mol. The first-order valence-corrected chi connectivity index (χ1v) is 6.48. The normalized spacial score (nSPS) is 20.4. The average molecular weight is 314 g/mol. The number of aromatic hydroxyl groups is 1. The third-order valence-electron chi connectivity index (χ3n) is 3.52. The summed E-state index contributed by atoms with van der Waals surface area (Å²) in [7, 11) is 0. The fourth-order valence-corrected chi connectivity index (χ4v) is 2.48. The van der Waals surface area contributed by atoms with Gasteiger partial charge in [0, 0.05) is 12.0 Å². The maximum absolute atomic E-state index is 13.3. The zero-order valence-corrected chi connectivity index (χ0v) is 12.1. The fraction of sp³-hybridized carbons (Fsp3) is 0.200. The first kappa shape index (κ1) is 15.1. The van der Waals surface area contributed by atoms with Crippen LogP contribution in [0.1, 0.15) is 17.9 Å². The van der Waals surface area contributed by atoms with E-state index in [1.54, 1.807) is 0 Å². The third-order valence-corrected chi connectivity index (χ3v) is 3.80. The average Bonchev–Trinajstić information content (AvgIpc) is 3.13. The summed E-state index contributed by atoms with van der Waals surface area (Å²) in [6, 6.07) is 11.1. The van der Waals surface area contributed by atoms with Crippen LogP contribution >= 0.6 is 24.0 Å². The standard InChI is InChI=1S/C15H13ClFNO.ClH/c16-12-5-10(6-14(19)15(12)17)8-1-3-9(4-2-8)11-7-13(11)18;/h1-6,11,13,19H,7,18H2;1H/t11-,13+;/m0./s1. The van der Waals surface area contributed by atoms with Crippen molar-refractivity contribution in [3.63, 3.8) is 0 Å². The molecular formula is C15H14Cl2FNO. The largest absolute Gasteiger partial charge is 0.505 e. The summed E-state index contributed by atoms with van der Waals surface area (Å²) >= 11 is 5.73. The van der Waals surface area contributed by atoms with E-state index in [0.717, 1.165) is 12.0 Å². The molecule has 0 aliphatic heterocycles. The van der Waals surface area contributed by atoms with Gasteiger partial charge in [-0.25, -0.2) is 4.39 Å². The summed E-state index contributed by atoms with van der Waals surface area (Å²) in [6.07, 6.45) is 1.03. The third kappa shape index (κ3) is 2.75. The van der Waals surface area contributed by atoms with Crippen LogP contribution in [0, 0.1) is 5.82 Å². The number of hydrogen-bond donors (Lipinski definition) is 2. The Morgan fingerprint density at radius 1 is 1.15 bits per heavy atom. The SMILES string of the molecule is Cl.N[C@@H]1C[C@H]1c1ccc(-c2cc(O)c(F)c(Cl)c2)cc1. The molecule has 0 spiro atoms. The molecule has 2 atom stereocenters. The topological polar surface area (TPSA) is 46.2 Å². The van der Waals surface area contributed by atoms with Crippen molar-refractivity contribution in [1.82, 2.24) is 0 Å². The van der Waals surface area contributed by atoms with E-state index >= 15 is 0 Å². The minimum atomic E-state index is -0.786. The number of halogens is 3. The molecule has 0 heterocycles. The highest BCUT2D eigenvalue weighted by Gasteiger charge is 2.34. The van der Waals surface area contributed by atoms with Crippen LogP contribution in [0.2, 0.25) is 5.02 Å². The Hall–Kier alpha value is -1.29. The van der Waals surface area contributed by atoms with Gasteiger partial charge in [0.1, 0.15) is 0 Å². The van der Waals surface area contributed by atoms with E-state index in [1.165, 1.54) is 17.7 Å². The molecule has 0 unspecified atom stereocenters. The van der Waals surface area contributed by atoms with E-state index in [2.05, 4.69) is 0 Å². The predicted octanol–water partition coefficient (Wildman–Crippen LogP) is 4.09.